The number of hydrogen-bond acceptors (Lipinski definition) is 2. The fraction of sp³-hybridized carbons (Fsp3) is 0.500. The van der Waals surface area contributed by atoms with Crippen LogP contribution in [0.4, 0.5) is 0 Å². The predicted molar refractivity (Wildman–Crippen MR) is 65.6 cm³/mol. The molecular formula is C12H17ClN2O. The average molecular weight is 241 g/mol. The molecule has 1 rings (SSSR count). The summed E-state index contributed by atoms with van der Waals surface area (Å²) in [5.74, 6) is 0.332. The Labute approximate surface area is 101 Å². The van der Waals surface area contributed by atoms with Gasteiger partial charge in [0, 0.05) is 12.2 Å². The lowest BCUT2D eigenvalue weighted by atomic mass is 10.0. The highest BCUT2D eigenvalue weighted by atomic mass is 35.5. The van der Waals surface area contributed by atoms with Gasteiger partial charge < -0.3 is 5.32 Å². The molecule has 0 aliphatic carbocycles. The molecule has 0 radical (unpaired) electrons. The summed E-state index contributed by atoms with van der Waals surface area (Å²) in [5.41, 5.74) is 0.545. The van der Waals surface area contributed by atoms with E-state index in [1.54, 1.807) is 12.1 Å². The summed E-state index contributed by atoms with van der Waals surface area (Å²) in [5, 5.41) is 3.38. The van der Waals surface area contributed by atoms with Crippen molar-refractivity contribution in [3.05, 3.63) is 29.0 Å². The van der Waals surface area contributed by atoms with Crippen molar-refractivity contribution >= 4 is 17.5 Å². The number of pyridine rings is 1. The molecule has 16 heavy (non-hydrogen) atoms. The Hall–Kier alpha value is -1.09. The summed E-state index contributed by atoms with van der Waals surface area (Å²) in [6.45, 7) is 6.24. The number of carbonyl (C=O) groups excluding carboxylic acids is 1. The number of aromatic nitrogens is 1. The summed E-state index contributed by atoms with van der Waals surface area (Å²) in [6, 6.07) is 3.49. The van der Waals surface area contributed by atoms with Gasteiger partial charge in [-0.3, -0.25) is 4.79 Å². The second-order valence-corrected chi connectivity index (χ2v) is 4.49. The molecule has 1 aromatic rings. The molecule has 1 N–H and O–H groups in total. The van der Waals surface area contributed by atoms with Crippen molar-refractivity contribution in [2.24, 2.45) is 5.92 Å². The van der Waals surface area contributed by atoms with Crippen LogP contribution in [0.1, 0.15) is 37.6 Å². The summed E-state index contributed by atoms with van der Waals surface area (Å²) in [6.07, 6.45) is 2.41. The summed E-state index contributed by atoms with van der Waals surface area (Å²) in [4.78, 5) is 15.7. The summed E-state index contributed by atoms with van der Waals surface area (Å²) >= 11 is 5.66. The van der Waals surface area contributed by atoms with Gasteiger partial charge in [0.05, 0.1) is 5.56 Å². The molecule has 1 heterocycles. The van der Waals surface area contributed by atoms with Crippen LogP contribution in [0.25, 0.3) is 0 Å². The van der Waals surface area contributed by atoms with E-state index in [4.69, 9.17) is 11.6 Å². The van der Waals surface area contributed by atoms with Gasteiger partial charge in [-0.2, -0.15) is 0 Å². The molecule has 0 aliphatic rings. The van der Waals surface area contributed by atoms with Crippen LogP contribution in [0, 0.1) is 5.92 Å². The number of rotatable bonds is 4. The molecule has 3 nitrogen and oxygen atoms in total. The van der Waals surface area contributed by atoms with E-state index in [0.29, 0.717) is 16.6 Å². The zero-order valence-corrected chi connectivity index (χ0v) is 10.6. The Morgan fingerprint density at radius 3 is 2.62 bits per heavy atom. The number of carbonyl (C=O) groups is 1. The monoisotopic (exact) mass is 240 g/mol. The maximum absolute atomic E-state index is 11.8. The van der Waals surface area contributed by atoms with Gasteiger partial charge in [-0.05, 0) is 24.5 Å². The fourth-order valence-electron chi connectivity index (χ4n) is 1.50. The van der Waals surface area contributed by atoms with Crippen molar-refractivity contribution in [1.29, 1.82) is 0 Å². The molecule has 0 aliphatic heterocycles. The van der Waals surface area contributed by atoms with Gasteiger partial charge in [-0.15, -0.1) is 0 Å². The minimum Gasteiger partial charge on any atom is -0.349 e. The molecule has 1 atom stereocenters. The van der Waals surface area contributed by atoms with Crippen molar-refractivity contribution in [2.75, 3.05) is 0 Å². The third-order valence-corrected chi connectivity index (χ3v) is 2.77. The first-order valence-corrected chi connectivity index (χ1v) is 5.84. The minimum absolute atomic E-state index is 0.0929. The first kappa shape index (κ1) is 13.0. The van der Waals surface area contributed by atoms with Crippen LogP contribution in [0.3, 0.4) is 0 Å². The van der Waals surface area contributed by atoms with E-state index in [0.717, 1.165) is 6.42 Å². The second-order valence-electron chi connectivity index (χ2n) is 4.10. The Bertz CT molecular complexity index is 349. The Kier molecular flexibility index (Phi) is 4.74. The van der Waals surface area contributed by atoms with Crippen molar-refractivity contribution in [1.82, 2.24) is 10.3 Å². The highest BCUT2D eigenvalue weighted by Gasteiger charge is 2.15. The Morgan fingerprint density at radius 2 is 2.19 bits per heavy atom. The summed E-state index contributed by atoms with van der Waals surface area (Å²) in [7, 11) is 0. The smallest absolute Gasteiger partial charge is 0.253 e. The van der Waals surface area contributed by atoms with Crippen LogP contribution in [-0.4, -0.2) is 16.9 Å². The standard InChI is InChI=1S/C12H17ClN2O/c1-4-10(8(2)3)15-12(16)9-5-6-11(13)14-7-9/h5-8,10H,4H2,1-3H3,(H,15,16). The van der Waals surface area contributed by atoms with Gasteiger partial charge in [-0.1, -0.05) is 32.4 Å². The van der Waals surface area contributed by atoms with Crippen LogP contribution in [-0.2, 0) is 0 Å². The maximum atomic E-state index is 11.8. The average Bonchev–Trinajstić information content (AvgIpc) is 2.26. The SMILES string of the molecule is CCC(NC(=O)c1ccc(Cl)nc1)C(C)C. The third-order valence-electron chi connectivity index (χ3n) is 2.55. The second kappa shape index (κ2) is 5.85. The van der Waals surface area contributed by atoms with Gasteiger partial charge in [-0.25, -0.2) is 4.98 Å². The van der Waals surface area contributed by atoms with Crippen molar-refractivity contribution < 1.29 is 4.79 Å². The molecule has 0 bridgehead atoms. The van der Waals surface area contributed by atoms with Crippen LogP contribution in [0.2, 0.25) is 5.15 Å². The van der Waals surface area contributed by atoms with Crippen LogP contribution in [0.15, 0.2) is 18.3 Å². The highest BCUT2D eigenvalue weighted by Crippen LogP contribution is 2.09. The van der Waals surface area contributed by atoms with E-state index < -0.39 is 0 Å². The predicted octanol–water partition coefficient (Wildman–Crippen LogP) is 2.90. The zero-order chi connectivity index (χ0) is 12.1. The maximum Gasteiger partial charge on any atom is 0.253 e. The van der Waals surface area contributed by atoms with Gasteiger partial charge in [0.2, 0.25) is 0 Å². The van der Waals surface area contributed by atoms with E-state index in [1.165, 1.54) is 6.20 Å². The molecular weight excluding hydrogens is 224 g/mol. The van der Waals surface area contributed by atoms with Crippen molar-refractivity contribution in [3.8, 4) is 0 Å². The topological polar surface area (TPSA) is 42.0 Å². The van der Waals surface area contributed by atoms with Crippen LogP contribution in [0.5, 0.6) is 0 Å². The van der Waals surface area contributed by atoms with Crippen molar-refractivity contribution in [2.45, 2.75) is 33.2 Å². The Balaban J connectivity index is 2.68. The van der Waals surface area contributed by atoms with Gasteiger partial charge in [0.25, 0.3) is 5.91 Å². The zero-order valence-electron chi connectivity index (χ0n) is 9.83. The van der Waals surface area contributed by atoms with Gasteiger partial charge in [0.1, 0.15) is 5.15 Å². The van der Waals surface area contributed by atoms with Gasteiger partial charge in [0.15, 0.2) is 0 Å². The van der Waals surface area contributed by atoms with Crippen molar-refractivity contribution in [3.63, 3.8) is 0 Å². The first-order chi connectivity index (χ1) is 7.54. The quantitative estimate of drug-likeness (QED) is 0.823. The van der Waals surface area contributed by atoms with E-state index >= 15 is 0 Å². The summed E-state index contributed by atoms with van der Waals surface area (Å²) < 4.78 is 0. The molecule has 0 spiro atoms. The number of amides is 1. The van der Waals surface area contributed by atoms with E-state index in [1.807, 2.05) is 0 Å². The van der Waals surface area contributed by atoms with E-state index in [-0.39, 0.29) is 11.9 Å². The largest absolute Gasteiger partial charge is 0.349 e. The lowest BCUT2D eigenvalue weighted by Gasteiger charge is -2.20. The van der Waals surface area contributed by atoms with Gasteiger partial charge >= 0.3 is 0 Å². The molecule has 1 aromatic heterocycles. The number of nitrogens with zero attached hydrogens (tertiary/aromatic N) is 1. The van der Waals surface area contributed by atoms with Crippen LogP contribution < -0.4 is 5.32 Å². The first-order valence-electron chi connectivity index (χ1n) is 5.47. The highest BCUT2D eigenvalue weighted by molar-refractivity contribution is 6.29. The number of hydrogen-bond donors (Lipinski definition) is 1. The number of halogens is 1. The molecule has 0 fully saturated rings. The number of nitrogens with one attached hydrogen (secondary N) is 1. The Morgan fingerprint density at radius 1 is 1.50 bits per heavy atom. The van der Waals surface area contributed by atoms with E-state index in [2.05, 4.69) is 31.1 Å². The fourth-order valence-corrected chi connectivity index (χ4v) is 1.61. The lowest BCUT2D eigenvalue weighted by molar-refractivity contribution is 0.0924. The molecule has 0 saturated heterocycles. The normalized spacial score (nSPS) is 12.6. The van der Waals surface area contributed by atoms with Crippen LogP contribution >= 0.6 is 11.6 Å². The molecule has 1 unspecified atom stereocenters. The molecule has 4 heteroatoms. The molecule has 1 amide bonds. The molecule has 0 aromatic carbocycles. The minimum atomic E-state index is -0.0929. The molecule has 0 saturated carbocycles. The van der Waals surface area contributed by atoms with E-state index in [9.17, 15) is 4.79 Å². The third kappa shape index (κ3) is 3.49. The lowest BCUT2D eigenvalue weighted by Crippen LogP contribution is -2.38. The molecule has 88 valence electrons.